The van der Waals surface area contributed by atoms with Crippen molar-refractivity contribution < 1.29 is 4.79 Å². The second kappa shape index (κ2) is 9.85. The molecule has 0 bridgehead atoms. The van der Waals surface area contributed by atoms with Crippen LogP contribution in [-0.2, 0) is 4.79 Å². The first-order chi connectivity index (χ1) is 18.2. The fourth-order valence-electron chi connectivity index (χ4n) is 3.98. The third-order valence-corrected chi connectivity index (χ3v) is 6.03. The Hall–Kier alpha value is -4.92. The number of hydrogen-bond acceptors (Lipinski definition) is 7. The lowest BCUT2D eigenvalue weighted by atomic mass is 9.95. The molecule has 0 atom stereocenters. The van der Waals surface area contributed by atoms with Crippen LogP contribution in [0.4, 0.5) is 5.69 Å². The average molecular weight is 505 g/mol. The number of anilines is 1. The molecule has 190 valence electrons. The molecule has 9 nitrogen and oxygen atoms in total. The summed E-state index contributed by atoms with van der Waals surface area (Å²) in [5.41, 5.74) is 9.74. The lowest BCUT2D eigenvalue weighted by Crippen LogP contribution is -2.27. The highest BCUT2D eigenvalue weighted by Gasteiger charge is 2.25. The summed E-state index contributed by atoms with van der Waals surface area (Å²) in [5.74, 6) is -0.0912. The zero-order chi connectivity index (χ0) is 26.9. The van der Waals surface area contributed by atoms with E-state index in [1.807, 2.05) is 64.1 Å². The SMILES string of the molecule is C=C1NN=C(c2cc3c(-c4cccnc4)nccc3[nH]2)/C1=N/C(=C\C)c1cncc(NC(=O)C(C)(C)C)c1. The van der Waals surface area contributed by atoms with Gasteiger partial charge in [-0.25, -0.2) is 4.99 Å². The molecule has 0 fully saturated rings. The number of carbonyl (C=O) groups is 1. The van der Waals surface area contributed by atoms with E-state index in [0.29, 0.717) is 28.5 Å². The van der Waals surface area contributed by atoms with E-state index in [2.05, 4.69) is 42.4 Å². The molecule has 1 aliphatic rings. The molecule has 0 spiro atoms. The molecule has 0 unspecified atom stereocenters. The standard InChI is InChI=1S/C29H28N8O/c1-6-22(19-12-20(16-31-15-19)33-28(38)29(3,4)5)35-25-17(2)36-37-27(25)24-13-21-23(34-24)9-11-32-26(21)18-8-7-10-30-14-18/h6-16,34,36H,2H2,1,3-5H3,(H,33,38)/b22-6-,35-25+. The quantitative estimate of drug-likeness (QED) is 0.339. The average Bonchev–Trinajstić information content (AvgIpc) is 3.50. The predicted octanol–water partition coefficient (Wildman–Crippen LogP) is 5.33. The second-order valence-corrected chi connectivity index (χ2v) is 9.90. The minimum atomic E-state index is -0.524. The van der Waals surface area contributed by atoms with E-state index in [4.69, 9.17) is 4.99 Å². The van der Waals surface area contributed by atoms with Crippen molar-refractivity contribution in [2.24, 2.45) is 15.5 Å². The summed E-state index contributed by atoms with van der Waals surface area (Å²) in [6, 6.07) is 9.66. The van der Waals surface area contributed by atoms with E-state index in [9.17, 15) is 4.79 Å². The van der Waals surface area contributed by atoms with Crippen molar-refractivity contribution in [3.63, 3.8) is 0 Å². The van der Waals surface area contributed by atoms with Gasteiger partial charge >= 0.3 is 0 Å². The summed E-state index contributed by atoms with van der Waals surface area (Å²) in [7, 11) is 0. The molecule has 0 saturated carbocycles. The van der Waals surface area contributed by atoms with Crippen LogP contribution in [-0.4, -0.2) is 37.3 Å². The monoisotopic (exact) mass is 504 g/mol. The molecule has 0 radical (unpaired) electrons. The molecule has 9 heteroatoms. The van der Waals surface area contributed by atoms with Gasteiger partial charge in [0, 0.05) is 52.2 Å². The van der Waals surface area contributed by atoms with Crippen LogP contribution in [0.3, 0.4) is 0 Å². The number of allylic oxidation sites excluding steroid dienone is 2. The van der Waals surface area contributed by atoms with Crippen molar-refractivity contribution in [1.29, 1.82) is 0 Å². The van der Waals surface area contributed by atoms with Crippen molar-refractivity contribution in [1.82, 2.24) is 25.4 Å². The summed E-state index contributed by atoms with van der Waals surface area (Å²) in [5, 5.41) is 8.38. The van der Waals surface area contributed by atoms with E-state index < -0.39 is 5.41 Å². The molecule has 0 saturated heterocycles. The van der Waals surface area contributed by atoms with Crippen molar-refractivity contribution >= 4 is 39.6 Å². The van der Waals surface area contributed by atoms with Gasteiger partial charge in [0.05, 0.1) is 34.7 Å². The van der Waals surface area contributed by atoms with E-state index in [0.717, 1.165) is 33.4 Å². The fourth-order valence-corrected chi connectivity index (χ4v) is 3.98. The highest BCUT2D eigenvalue weighted by atomic mass is 16.2. The zero-order valence-corrected chi connectivity index (χ0v) is 21.7. The van der Waals surface area contributed by atoms with Crippen molar-refractivity contribution in [2.45, 2.75) is 27.7 Å². The van der Waals surface area contributed by atoms with Gasteiger partial charge < -0.3 is 10.3 Å². The maximum absolute atomic E-state index is 12.5. The number of nitrogens with one attached hydrogen (secondary N) is 3. The molecule has 1 amide bonds. The molecule has 4 aromatic heterocycles. The highest BCUT2D eigenvalue weighted by molar-refractivity contribution is 6.55. The molecule has 38 heavy (non-hydrogen) atoms. The van der Waals surface area contributed by atoms with Crippen LogP contribution in [0.15, 0.2) is 89.8 Å². The molecule has 5 rings (SSSR count). The number of pyridine rings is 3. The van der Waals surface area contributed by atoms with Crippen molar-refractivity contribution in [2.75, 3.05) is 5.32 Å². The summed E-state index contributed by atoms with van der Waals surface area (Å²) in [6.07, 6.45) is 10.5. The number of H-pyrrole nitrogens is 1. The van der Waals surface area contributed by atoms with Crippen LogP contribution in [0.25, 0.3) is 27.9 Å². The number of aromatic amines is 1. The summed E-state index contributed by atoms with van der Waals surface area (Å²) in [4.78, 5) is 33.9. The zero-order valence-electron chi connectivity index (χ0n) is 21.7. The van der Waals surface area contributed by atoms with Crippen LogP contribution in [0.5, 0.6) is 0 Å². The van der Waals surface area contributed by atoms with Gasteiger partial charge in [-0.05, 0) is 37.3 Å². The van der Waals surface area contributed by atoms with Crippen molar-refractivity contribution in [3.8, 4) is 11.3 Å². The summed E-state index contributed by atoms with van der Waals surface area (Å²) >= 11 is 0. The van der Waals surface area contributed by atoms with Gasteiger partial charge in [-0.15, -0.1) is 0 Å². The van der Waals surface area contributed by atoms with Gasteiger partial charge in [0.1, 0.15) is 11.4 Å². The van der Waals surface area contributed by atoms with E-state index >= 15 is 0 Å². The van der Waals surface area contributed by atoms with Crippen LogP contribution in [0.1, 0.15) is 39.0 Å². The number of carbonyl (C=O) groups excluding carboxylic acids is 1. The number of hydrazone groups is 1. The number of nitrogens with zero attached hydrogens (tertiary/aromatic N) is 5. The van der Waals surface area contributed by atoms with Crippen LogP contribution in [0, 0.1) is 5.41 Å². The topological polar surface area (TPSA) is 120 Å². The number of aromatic nitrogens is 4. The summed E-state index contributed by atoms with van der Waals surface area (Å²) < 4.78 is 0. The minimum absolute atomic E-state index is 0.0912. The Bertz CT molecular complexity index is 1640. The molecule has 5 heterocycles. The first-order valence-electron chi connectivity index (χ1n) is 12.2. The number of hydrogen-bond donors (Lipinski definition) is 3. The predicted molar refractivity (Wildman–Crippen MR) is 152 cm³/mol. The molecular formula is C29H28N8O. The van der Waals surface area contributed by atoms with E-state index in [-0.39, 0.29) is 5.91 Å². The van der Waals surface area contributed by atoms with Gasteiger partial charge in [-0.2, -0.15) is 5.10 Å². The Morgan fingerprint density at radius 1 is 1.11 bits per heavy atom. The van der Waals surface area contributed by atoms with Gasteiger partial charge in [0.15, 0.2) is 0 Å². The van der Waals surface area contributed by atoms with Gasteiger partial charge in [-0.3, -0.25) is 25.2 Å². The molecule has 0 aromatic carbocycles. The van der Waals surface area contributed by atoms with Gasteiger partial charge in [0.25, 0.3) is 0 Å². The van der Waals surface area contributed by atoms with Gasteiger partial charge in [-0.1, -0.05) is 33.4 Å². The van der Waals surface area contributed by atoms with E-state index in [1.165, 1.54) is 0 Å². The molecule has 4 aromatic rings. The number of fused-ring (bicyclic) bond motifs is 1. The smallest absolute Gasteiger partial charge is 0.229 e. The largest absolute Gasteiger partial charge is 0.353 e. The third-order valence-electron chi connectivity index (χ3n) is 6.03. The van der Waals surface area contributed by atoms with Crippen LogP contribution >= 0.6 is 0 Å². The normalized spacial score (nSPS) is 15.1. The first kappa shape index (κ1) is 24.8. The second-order valence-electron chi connectivity index (χ2n) is 9.90. The Kier molecular flexibility index (Phi) is 6.42. The maximum Gasteiger partial charge on any atom is 0.229 e. The lowest BCUT2D eigenvalue weighted by Gasteiger charge is -2.17. The van der Waals surface area contributed by atoms with Gasteiger partial charge in [0.2, 0.25) is 5.91 Å². The Morgan fingerprint density at radius 2 is 1.95 bits per heavy atom. The first-order valence-corrected chi connectivity index (χ1v) is 12.2. The fraction of sp³-hybridized carbons (Fsp3) is 0.172. The number of rotatable bonds is 5. The minimum Gasteiger partial charge on any atom is -0.353 e. The third kappa shape index (κ3) is 4.86. The number of aliphatic imine (C=N–C) groups is 1. The van der Waals surface area contributed by atoms with E-state index in [1.54, 1.807) is 31.0 Å². The molecule has 3 N–H and O–H groups in total. The van der Waals surface area contributed by atoms with Crippen LogP contribution < -0.4 is 10.7 Å². The molecule has 1 aliphatic heterocycles. The number of amides is 1. The lowest BCUT2D eigenvalue weighted by molar-refractivity contribution is -0.123. The Morgan fingerprint density at radius 3 is 2.68 bits per heavy atom. The Balaban J connectivity index is 1.49. The van der Waals surface area contributed by atoms with Crippen LogP contribution in [0.2, 0.25) is 0 Å². The highest BCUT2D eigenvalue weighted by Crippen LogP contribution is 2.28. The molecule has 0 aliphatic carbocycles. The maximum atomic E-state index is 12.5. The Labute approximate surface area is 220 Å². The van der Waals surface area contributed by atoms with Crippen molar-refractivity contribution in [3.05, 3.63) is 90.9 Å². The molecular weight excluding hydrogens is 476 g/mol. The summed E-state index contributed by atoms with van der Waals surface area (Å²) in [6.45, 7) is 11.6.